The van der Waals surface area contributed by atoms with Crippen molar-refractivity contribution in [1.82, 2.24) is 4.90 Å². The monoisotopic (exact) mass is 240 g/mol. The second-order valence-electron chi connectivity index (χ2n) is 7.08. The summed E-state index contributed by atoms with van der Waals surface area (Å²) in [5.41, 5.74) is 6.80. The van der Waals surface area contributed by atoms with Crippen LogP contribution in [-0.4, -0.2) is 30.6 Å². The first-order valence-corrected chi connectivity index (χ1v) is 7.27. The van der Waals surface area contributed by atoms with Crippen LogP contribution in [0.3, 0.4) is 0 Å². The van der Waals surface area contributed by atoms with Gasteiger partial charge in [-0.25, -0.2) is 0 Å². The summed E-state index contributed by atoms with van der Waals surface area (Å²) >= 11 is 0. The highest BCUT2D eigenvalue weighted by Crippen LogP contribution is 2.40. The molecule has 2 atom stereocenters. The molecule has 0 spiro atoms. The van der Waals surface area contributed by atoms with Crippen molar-refractivity contribution in [1.29, 1.82) is 0 Å². The van der Waals surface area contributed by atoms with Crippen molar-refractivity contribution in [3.05, 3.63) is 0 Å². The number of likely N-dealkylation sites (N-methyl/N-ethyl adjacent to an activating group) is 1. The van der Waals surface area contributed by atoms with E-state index in [1.165, 1.54) is 32.1 Å². The highest BCUT2D eigenvalue weighted by molar-refractivity contribution is 4.99. The topological polar surface area (TPSA) is 29.3 Å². The number of nitrogens with zero attached hydrogens (tertiary/aromatic N) is 1. The number of nitrogens with two attached hydrogens (primary N) is 1. The maximum atomic E-state index is 6.18. The zero-order valence-electron chi connectivity index (χ0n) is 12.6. The van der Waals surface area contributed by atoms with Crippen LogP contribution in [0.4, 0.5) is 0 Å². The molecule has 2 nitrogen and oxygen atoms in total. The average molecular weight is 240 g/mol. The van der Waals surface area contributed by atoms with E-state index >= 15 is 0 Å². The van der Waals surface area contributed by atoms with Gasteiger partial charge in [-0.2, -0.15) is 0 Å². The molecule has 0 aliphatic heterocycles. The molecule has 2 unspecified atom stereocenters. The zero-order valence-corrected chi connectivity index (χ0v) is 12.6. The SMILES string of the molecule is CCC1CCCCC1(CN)N(C)CC(C)(C)C. The molecule has 0 aromatic carbocycles. The summed E-state index contributed by atoms with van der Waals surface area (Å²) in [5.74, 6) is 0.786. The molecule has 0 radical (unpaired) electrons. The lowest BCUT2D eigenvalue weighted by Gasteiger charge is -2.51. The third-order valence-corrected chi connectivity index (χ3v) is 4.49. The summed E-state index contributed by atoms with van der Waals surface area (Å²) in [6, 6.07) is 0. The highest BCUT2D eigenvalue weighted by Gasteiger charge is 2.42. The minimum atomic E-state index is 0.264. The van der Waals surface area contributed by atoms with Gasteiger partial charge in [0.1, 0.15) is 0 Å². The van der Waals surface area contributed by atoms with Crippen molar-refractivity contribution in [3.8, 4) is 0 Å². The lowest BCUT2D eigenvalue weighted by atomic mass is 9.70. The molecule has 1 aliphatic carbocycles. The Balaban J connectivity index is 2.84. The molecular formula is C15H32N2. The Morgan fingerprint density at radius 3 is 2.41 bits per heavy atom. The average Bonchev–Trinajstić information content (AvgIpc) is 2.26. The minimum absolute atomic E-state index is 0.264. The number of hydrogen-bond donors (Lipinski definition) is 1. The molecule has 0 aromatic rings. The van der Waals surface area contributed by atoms with Crippen molar-refractivity contribution in [2.24, 2.45) is 17.1 Å². The molecule has 1 fully saturated rings. The Kier molecular flexibility index (Phi) is 5.03. The van der Waals surface area contributed by atoms with Crippen molar-refractivity contribution >= 4 is 0 Å². The van der Waals surface area contributed by atoms with Gasteiger partial charge in [-0.15, -0.1) is 0 Å². The summed E-state index contributed by atoms with van der Waals surface area (Å²) in [4.78, 5) is 2.57. The van der Waals surface area contributed by atoms with E-state index in [2.05, 4.69) is 39.6 Å². The molecule has 1 saturated carbocycles. The molecule has 17 heavy (non-hydrogen) atoms. The Morgan fingerprint density at radius 2 is 1.94 bits per heavy atom. The van der Waals surface area contributed by atoms with Crippen molar-refractivity contribution in [3.63, 3.8) is 0 Å². The van der Waals surface area contributed by atoms with Gasteiger partial charge in [-0.1, -0.05) is 47.0 Å². The molecule has 2 N–H and O–H groups in total. The largest absolute Gasteiger partial charge is 0.329 e. The maximum absolute atomic E-state index is 6.18. The molecule has 1 aliphatic rings. The molecule has 0 aromatic heterocycles. The van der Waals surface area contributed by atoms with Gasteiger partial charge in [0.05, 0.1) is 0 Å². The Morgan fingerprint density at radius 1 is 1.29 bits per heavy atom. The third-order valence-electron chi connectivity index (χ3n) is 4.49. The van der Waals surface area contributed by atoms with E-state index in [0.717, 1.165) is 19.0 Å². The van der Waals surface area contributed by atoms with Gasteiger partial charge < -0.3 is 5.73 Å². The molecule has 1 rings (SSSR count). The predicted molar refractivity (Wildman–Crippen MR) is 76.1 cm³/mol. The molecule has 0 saturated heterocycles. The van der Waals surface area contributed by atoms with Crippen molar-refractivity contribution in [2.45, 2.75) is 65.3 Å². The summed E-state index contributed by atoms with van der Waals surface area (Å²) in [6.45, 7) is 11.2. The van der Waals surface area contributed by atoms with E-state index < -0.39 is 0 Å². The van der Waals surface area contributed by atoms with Crippen LogP contribution in [0.5, 0.6) is 0 Å². The number of rotatable bonds is 4. The molecular weight excluding hydrogens is 208 g/mol. The van der Waals surface area contributed by atoms with E-state index in [9.17, 15) is 0 Å². The molecule has 102 valence electrons. The smallest absolute Gasteiger partial charge is 0.0356 e. The maximum Gasteiger partial charge on any atom is 0.0356 e. The predicted octanol–water partition coefficient (Wildman–Crippen LogP) is 3.26. The molecule has 2 heteroatoms. The number of hydrogen-bond acceptors (Lipinski definition) is 2. The fourth-order valence-electron chi connectivity index (χ4n) is 3.67. The van der Waals surface area contributed by atoms with E-state index in [1.54, 1.807) is 0 Å². The Hall–Kier alpha value is -0.0800. The van der Waals surface area contributed by atoms with Gasteiger partial charge in [0.25, 0.3) is 0 Å². The summed E-state index contributed by atoms with van der Waals surface area (Å²) in [5, 5.41) is 0. The standard InChI is InChI=1S/C15H32N2/c1-6-13-9-7-8-10-15(13,11-16)17(5)12-14(2,3)4/h13H,6-12,16H2,1-5H3. The van der Waals surface area contributed by atoms with Crippen LogP contribution in [0.25, 0.3) is 0 Å². The van der Waals surface area contributed by atoms with E-state index in [1.807, 2.05) is 0 Å². The highest BCUT2D eigenvalue weighted by atomic mass is 15.2. The van der Waals surface area contributed by atoms with Crippen molar-refractivity contribution < 1.29 is 0 Å². The van der Waals surface area contributed by atoms with E-state index in [-0.39, 0.29) is 5.54 Å². The molecule has 0 heterocycles. The van der Waals surface area contributed by atoms with Crippen LogP contribution in [-0.2, 0) is 0 Å². The first-order valence-electron chi connectivity index (χ1n) is 7.27. The molecule has 0 amide bonds. The second kappa shape index (κ2) is 5.71. The van der Waals surface area contributed by atoms with Crippen LogP contribution in [0.1, 0.15) is 59.8 Å². The third kappa shape index (κ3) is 3.45. The first kappa shape index (κ1) is 15.0. The normalized spacial score (nSPS) is 30.9. The van der Waals surface area contributed by atoms with Gasteiger partial charge in [0.2, 0.25) is 0 Å². The zero-order chi connectivity index (χ0) is 13.1. The quantitative estimate of drug-likeness (QED) is 0.817. The van der Waals surface area contributed by atoms with Crippen LogP contribution in [0.2, 0.25) is 0 Å². The van der Waals surface area contributed by atoms with Crippen LogP contribution in [0, 0.1) is 11.3 Å². The summed E-state index contributed by atoms with van der Waals surface area (Å²) in [6.07, 6.45) is 6.66. The van der Waals surface area contributed by atoms with Crippen LogP contribution >= 0.6 is 0 Å². The van der Waals surface area contributed by atoms with Gasteiger partial charge >= 0.3 is 0 Å². The van der Waals surface area contributed by atoms with Crippen molar-refractivity contribution in [2.75, 3.05) is 20.1 Å². The summed E-state index contributed by atoms with van der Waals surface area (Å²) in [7, 11) is 2.28. The molecule has 0 bridgehead atoms. The minimum Gasteiger partial charge on any atom is -0.329 e. The van der Waals surface area contributed by atoms with Gasteiger partial charge in [0.15, 0.2) is 0 Å². The van der Waals surface area contributed by atoms with Crippen LogP contribution in [0.15, 0.2) is 0 Å². The second-order valence-corrected chi connectivity index (χ2v) is 7.08. The first-order chi connectivity index (χ1) is 7.85. The Labute approximate surface area is 108 Å². The van der Waals surface area contributed by atoms with Gasteiger partial charge in [0, 0.05) is 18.6 Å². The van der Waals surface area contributed by atoms with Gasteiger partial charge in [-0.3, -0.25) is 4.90 Å². The fourth-order valence-corrected chi connectivity index (χ4v) is 3.67. The van der Waals surface area contributed by atoms with Crippen LogP contribution < -0.4 is 5.73 Å². The fraction of sp³-hybridized carbons (Fsp3) is 1.00. The van der Waals surface area contributed by atoms with Gasteiger partial charge in [-0.05, 0) is 31.2 Å². The summed E-state index contributed by atoms with van der Waals surface area (Å²) < 4.78 is 0. The lowest BCUT2D eigenvalue weighted by Crippen LogP contribution is -2.59. The van der Waals surface area contributed by atoms with E-state index in [0.29, 0.717) is 5.41 Å². The lowest BCUT2D eigenvalue weighted by molar-refractivity contribution is 0.00372. The Bertz CT molecular complexity index is 232. The van der Waals surface area contributed by atoms with E-state index in [4.69, 9.17) is 5.73 Å².